The van der Waals surface area contributed by atoms with E-state index >= 15 is 0 Å². The van der Waals surface area contributed by atoms with Crippen molar-refractivity contribution in [2.75, 3.05) is 6.54 Å². The molecule has 0 spiro atoms. The van der Waals surface area contributed by atoms with E-state index in [1.165, 1.54) is 12.1 Å². The number of aliphatic carboxylic acids is 1. The molecule has 0 aliphatic carbocycles. The quantitative estimate of drug-likeness (QED) is 0.898. The topological polar surface area (TPSA) is 63.3 Å². The summed E-state index contributed by atoms with van der Waals surface area (Å²) in [6.07, 6.45) is -4.37. The number of hydrogen-bond acceptors (Lipinski definition) is 2. The maximum absolute atomic E-state index is 12.6. The highest BCUT2D eigenvalue weighted by molar-refractivity contribution is 5.85. The first-order valence-corrected chi connectivity index (χ1v) is 5.39. The molecule has 0 heterocycles. The van der Waals surface area contributed by atoms with Crippen LogP contribution in [0.15, 0.2) is 24.3 Å². The Morgan fingerprint density at radius 1 is 1.32 bits per heavy atom. The van der Waals surface area contributed by atoms with Crippen molar-refractivity contribution in [1.29, 1.82) is 0 Å². The molecule has 0 aliphatic rings. The van der Waals surface area contributed by atoms with E-state index in [4.69, 9.17) is 5.73 Å². The van der Waals surface area contributed by atoms with Crippen LogP contribution in [0.25, 0.3) is 0 Å². The van der Waals surface area contributed by atoms with Gasteiger partial charge in [-0.1, -0.05) is 25.1 Å². The van der Waals surface area contributed by atoms with Crippen LogP contribution in [0.1, 0.15) is 24.5 Å². The molecule has 0 aromatic heterocycles. The van der Waals surface area contributed by atoms with Crippen molar-refractivity contribution in [3.8, 4) is 0 Å². The monoisotopic (exact) mass is 297 g/mol. The molecule has 3 nitrogen and oxygen atoms in total. The summed E-state index contributed by atoms with van der Waals surface area (Å²) in [5.41, 5.74) is 3.19. The van der Waals surface area contributed by atoms with Gasteiger partial charge in [-0.15, -0.1) is 12.4 Å². The molecule has 1 aromatic rings. The molecule has 1 aromatic carbocycles. The van der Waals surface area contributed by atoms with Crippen LogP contribution in [0.4, 0.5) is 13.2 Å². The number of carboxylic acids is 1. The minimum atomic E-state index is -4.50. The molecule has 108 valence electrons. The van der Waals surface area contributed by atoms with E-state index in [0.29, 0.717) is 0 Å². The molecule has 0 bridgehead atoms. The molecule has 3 N–H and O–H groups in total. The van der Waals surface area contributed by atoms with E-state index in [-0.39, 0.29) is 30.9 Å². The second-order valence-electron chi connectivity index (χ2n) is 4.02. The summed E-state index contributed by atoms with van der Waals surface area (Å²) in [5.74, 6) is -1.22. The highest BCUT2D eigenvalue weighted by Gasteiger charge is 2.39. The number of carbonyl (C=O) groups is 1. The first-order valence-electron chi connectivity index (χ1n) is 5.39. The molecule has 0 aliphatic heterocycles. The Balaban J connectivity index is 0.00000324. The first-order chi connectivity index (χ1) is 8.28. The zero-order valence-electron chi connectivity index (χ0n) is 10.2. The number of alkyl halides is 3. The van der Waals surface area contributed by atoms with E-state index in [2.05, 4.69) is 0 Å². The Morgan fingerprint density at radius 2 is 1.84 bits per heavy atom. The van der Waals surface area contributed by atoms with E-state index in [1.807, 2.05) is 0 Å². The maximum Gasteiger partial charge on any atom is 0.416 e. The molecule has 0 saturated heterocycles. The molecule has 19 heavy (non-hydrogen) atoms. The number of nitrogens with two attached hydrogens (primary N) is 1. The molecular weight excluding hydrogens is 283 g/mol. The van der Waals surface area contributed by atoms with Crippen LogP contribution < -0.4 is 5.73 Å². The van der Waals surface area contributed by atoms with Crippen LogP contribution in [-0.4, -0.2) is 17.6 Å². The fraction of sp³-hybridized carbons (Fsp3) is 0.417. The Labute approximate surface area is 115 Å². The van der Waals surface area contributed by atoms with Gasteiger partial charge in [-0.25, -0.2) is 0 Å². The minimum absolute atomic E-state index is 0. The Kier molecular flexibility index (Phi) is 5.83. The summed E-state index contributed by atoms with van der Waals surface area (Å²) in [6.45, 7) is 1.33. The largest absolute Gasteiger partial charge is 0.481 e. The van der Waals surface area contributed by atoms with Gasteiger partial charge in [0.25, 0.3) is 0 Å². The van der Waals surface area contributed by atoms with Crippen LogP contribution in [0.3, 0.4) is 0 Å². The van der Waals surface area contributed by atoms with Gasteiger partial charge in [-0.3, -0.25) is 4.79 Å². The molecule has 0 saturated carbocycles. The van der Waals surface area contributed by atoms with Gasteiger partial charge in [-0.2, -0.15) is 13.2 Å². The molecule has 0 fully saturated rings. The Hall–Kier alpha value is -1.27. The van der Waals surface area contributed by atoms with Crippen molar-refractivity contribution in [3.63, 3.8) is 0 Å². The van der Waals surface area contributed by atoms with E-state index in [0.717, 1.165) is 12.1 Å². The van der Waals surface area contributed by atoms with Crippen molar-refractivity contribution in [3.05, 3.63) is 35.4 Å². The summed E-state index contributed by atoms with van der Waals surface area (Å²) in [6, 6.07) is 4.31. The van der Waals surface area contributed by atoms with Crippen molar-refractivity contribution in [2.24, 2.45) is 5.73 Å². The molecule has 0 amide bonds. The van der Waals surface area contributed by atoms with Crippen LogP contribution in [0.5, 0.6) is 0 Å². The fourth-order valence-corrected chi connectivity index (χ4v) is 1.82. The molecule has 0 radical (unpaired) electrons. The third-order valence-corrected chi connectivity index (χ3v) is 3.10. The van der Waals surface area contributed by atoms with Crippen molar-refractivity contribution in [2.45, 2.75) is 24.9 Å². The van der Waals surface area contributed by atoms with Gasteiger partial charge in [-0.05, 0) is 18.1 Å². The highest BCUT2D eigenvalue weighted by Crippen LogP contribution is 2.34. The van der Waals surface area contributed by atoms with Gasteiger partial charge in [0, 0.05) is 6.54 Å². The van der Waals surface area contributed by atoms with E-state index in [1.54, 1.807) is 6.92 Å². The first kappa shape index (κ1) is 17.7. The second-order valence-corrected chi connectivity index (χ2v) is 4.02. The summed E-state index contributed by atoms with van der Waals surface area (Å²) in [4.78, 5) is 11.3. The van der Waals surface area contributed by atoms with Crippen molar-refractivity contribution < 1.29 is 23.1 Å². The van der Waals surface area contributed by atoms with Gasteiger partial charge in [0.05, 0.1) is 5.56 Å². The molecule has 7 heteroatoms. The van der Waals surface area contributed by atoms with Crippen LogP contribution in [0.2, 0.25) is 0 Å². The standard InChI is InChI=1S/C12H14F3NO2.ClH/c1-2-11(7-16,10(17)18)8-4-3-5-9(6-8)12(13,14)15;/h3-6H,2,7,16H2,1H3,(H,17,18);1H. The maximum atomic E-state index is 12.6. The minimum Gasteiger partial charge on any atom is -0.481 e. The average molecular weight is 298 g/mol. The third kappa shape index (κ3) is 3.39. The third-order valence-electron chi connectivity index (χ3n) is 3.10. The van der Waals surface area contributed by atoms with Crippen molar-refractivity contribution in [1.82, 2.24) is 0 Å². The SMILES string of the molecule is CCC(CN)(C(=O)O)c1cccc(C(F)(F)F)c1.Cl. The predicted octanol–water partition coefficient (Wildman–Crippen LogP) is 2.82. The zero-order valence-corrected chi connectivity index (χ0v) is 11.0. The molecule has 1 atom stereocenters. The smallest absolute Gasteiger partial charge is 0.416 e. The van der Waals surface area contributed by atoms with E-state index < -0.39 is 23.1 Å². The molecular formula is C12H15ClF3NO2. The fourth-order valence-electron chi connectivity index (χ4n) is 1.82. The number of halogens is 4. The van der Waals surface area contributed by atoms with Crippen LogP contribution in [0, 0.1) is 0 Å². The molecule has 1 rings (SSSR count). The van der Waals surface area contributed by atoms with Gasteiger partial charge in [0.2, 0.25) is 0 Å². The Morgan fingerprint density at radius 3 is 2.21 bits per heavy atom. The van der Waals surface area contributed by atoms with Crippen LogP contribution >= 0.6 is 12.4 Å². The highest BCUT2D eigenvalue weighted by atomic mass is 35.5. The lowest BCUT2D eigenvalue weighted by Gasteiger charge is -2.27. The summed E-state index contributed by atoms with van der Waals surface area (Å²) in [5, 5.41) is 9.21. The van der Waals surface area contributed by atoms with Gasteiger partial charge < -0.3 is 10.8 Å². The summed E-state index contributed by atoms with van der Waals surface area (Å²) < 4.78 is 37.8. The van der Waals surface area contributed by atoms with E-state index in [9.17, 15) is 23.1 Å². The van der Waals surface area contributed by atoms with Gasteiger partial charge in [0.15, 0.2) is 0 Å². The normalized spacial score (nSPS) is 14.4. The molecule has 1 unspecified atom stereocenters. The second kappa shape index (κ2) is 6.25. The average Bonchev–Trinajstić information content (AvgIpc) is 2.30. The Bertz CT molecular complexity index is 445. The van der Waals surface area contributed by atoms with Crippen LogP contribution in [-0.2, 0) is 16.4 Å². The van der Waals surface area contributed by atoms with Gasteiger partial charge >= 0.3 is 12.1 Å². The summed E-state index contributed by atoms with van der Waals surface area (Å²) in [7, 11) is 0. The lowest BCUT2D eigenvalue weighted by atomic mass is 9.77. The number of rotatable bonds is 4. The number of benzene rings is 1. The zero-order chi connectivity index (χ0) is 14.0. The van der Waals surface area contributed by atoms with Gasteiger partial charge in [0.1, 0.15) is 5.41 Å². The predicted molar refractivity (Wildman–Crippen MR) is 67.4 cm³/mol. The number of carboxylic acid groups (broad SMARTS) is 1. The lowest BCUT2D eigenvalue weighted by molar-refractivity contribution is -0.144. The summed E-state index contributed by atoms with van der Waals surface area (Å²) >= 11 is 0. The van der Waals surface area contributed by atoms with Crippen molar-refractivity contribution >= 4 is 18.4 Å². The number of hydrogen-bond donors (Lipinski definition) is 2. The lowest BCUT2D eigenvalue weighted by Crippen LogP contribution is -2.42.